The number of nitro benzene ring substituents is 1. The van der Waals surface area contributed by atoms with Crippen LogP contribution in [0.15, 0.2) is 40.1 Å². The van der Waals surface area contributed by atoms with Gasteiger partial charge in [-0.2, -0.15) is 0 Å². The summed E-state index contributed by atoms with van der Waals surface area (Å²) in [6.07, 6.45) is 1.41. The molecule has 1 aliphatic rings. The van der Waals surface area contributed by atoms with Crippen molar-refractivity contribution < 1.29 is 19.2 Å². The fraction of sp³-hybridized carbons (Fsp3) is 0.353. The molecule has 2 atom stereocenters. The fourth-order valence-electron chi connectivity index (χ4n) is 2.87. The second kappa shape index (κ2) is 7.54. The number of hydrogen-bond acceptors (Lipinski definition) is 7. The Bertz CT molecular complexity index is 995. The molecule has 10 nitrogen and oxygen atoms in total. The number of rotatable bonds is 5. The van der Waals surface area contributed by atoms with Gasteiger partial charge in [0.1, 0.15) is 18.4 Å². The summed E-state index contributed by atoms with van der Waals surface area (Å²) >= 11 is 0. The Labute approximate surface area is 152 Å². The molecule has 0 amide bonds. The molecule has 1 N–H and O–H groups in total. The van der Waals surface area contributed by atoms with Crippen molar-refractivity contribution in [3.05, 3.63) is 72.5 Å². The zero-order valence-corrected chi connectivity index (χ0v) is 14.4. The van der Waals surface area contributed by atoms with Crippen LogP contribution >= 0.6 is 0 Å². The molecule has 3 rings (SSSR count). The highest BCUT2D eigenvalue weighted by molar-refractivity contribution is 5.93. The number of hydrogen-bond donors (Lipinski definition) is 1. The molecule has 0 unspecified atom stereocenters. The monoisotopic (exact) mass is 375 g/mol. The third kappa shape index (κ3) is 3.95. The highest BCUT2D eigenvalue weighted by atomic mass is 16.6. The molecule has 27 heavy (non-hydrogen) atoms. The van der Waals surface area contributed by atoms with E-state index in [0.717, 1.165) is 0 Å². The number of H-pyrrole nitrogens is 1. The van der Waals surface area contributed by atoms with Gasteiger partial charge >= 0.3 is 11.7 Å². The number of aromatic nitrogens is 2. The molecule has 1 saturated heterocycles. The van der Waals surface area contributed by atoms with Gasteiger partial charge < -0.3 is 9.47 Å². The van der Waals surface area contributed by atoms with Crippen molar-refractivity contribution in [3.63, 3.8) is 0 Å². The first-order chi connectivity index (χ1) is 12.9. The molecule has 1 aromatic heterocycles. The Morgan fingerprint density at radius 3 is 2.85 bits per heavy atom. The van der Waals surface area contributed by atoms with Gasteiger partial charge in [0.05, 0.1) is 11.0 Å². The Kier molecular flexibility index (Phi) is 5.17. The van der Waals surface area contributed by atoms with E-state index in [0.29, 0.717) is 18.4 Å². The number of carbonyl (C=O) groups is 1. The molecule has 0 radical (unpaired) electrons. The minimum atomic E-state index is -0.814. The van der Waals surface area contributed by atoms with E-state index in [-0.39, 0.29) is 17.9 Å². The van der Waals surface area contributed by atoms with Crippen molar-refractivity contribution in [3.8, 4) is 0 Å². The first kappa shape index (κ1) is 18.5. The third-order valence-electron chi connectivity index (χ3n) is 4.26. The van der Waals surface area contributed by atoms with Gasteiger partial charge in [0.25, 0.3) is 11.2 Å². The maximum atomic E-state index is 12.1. The molecular weight excluding hydrogens is 358 g/mol. The second-order valence-corrected chi connectivity index (χ2v) is 6.14. The van der Waals surface area contributed by atoms with Gasteiger partial charge in [-0.05, 0) is 25.8 Å². The number of nitrogens with zero attached hydrogens (tertiary/aromatic N) is 2. The molecule has 0 aliphatic carbocycles. The van der Waals surface area contributed by atoms with Crippen LogP contribution in [0.2, 0.25) is 0 Å². The zero-order valence-electron chi connectivity index (χ0n) is 14.4. The molecule has 0 saturated carbocycles. The predicted octanol–water partition coefficient (Wildman–Crippen LogP) is 1.29. The van der Waals surface area contributed by atoms with E-state index in [1.807, 2.05) is 0 Å². The number of para-hydroxylation sites is 1. The Balaban J connectivity index is 1.64. The molecule has 142 valence electrons. The number of aryl methyl sites for hydroxylation is 1. The lowest BCUT2D eigenvalue weighted by Crippen LogP contribution is -2.33. The molecular formula is C17H17N3O7. The van der Waals surface area contributed by atoms with Crippen LogP contribution in [-0.2, 0) is 9.47 Å². The fourth-order valence-corrected chi connectivity index (χ4v) is 2.87. The summed E-state index contributed by atoms with van der Waals surface area (Å²) in [6.45, 7) is 1.48. The number of nitro groups is 1. The maximum Gasteiger partial charge on any atom is 0.345 e. The topological polar surface area (TPSA) is 134 Å². The van der Waals surface area contributed by atoms with Gasteiger partial charge in [0.2, 0.25) is 0 Å². The summed E-state index contributed by atoms with van der Waals surface area (Å²) in [4.78, 5) is 48.0. The second-order valence-electron chi connectivity index (χ2n) is 6.14. The summed E-state index contributed by atoms with van der Waals surface area (Å²) in [5, 5.41) is 11.0. The van der Waals surface area contributed by atoms with E-state index in [1.165, 1.54) is 35.0 Å². The molecule has 1 aliphatic heterocycles. The van der Waals surface area contributed by atoms with Crippen LogP contribution < -0.4 is 11.2 Å². The van der Waals surface area contributed by atoms with Crippen molar-refractivity contribution in [1.82, 2.24) is 9.55 Å². The van der Waals surface area contributed by atoms with Gasteiger partial charge in [-0.15, -0.1) is 0 Å². The van der Waals surface area contributed by atoms with Gasteiger partial charge in [0, 0.05) is 17.8 Å². The smallest absolute Gasteiger partial charge is 0.345 e. The lowest BCUT2D eigenvalue weighted by Gasteiger charge is -2.16. The minimum Gasteiger partial charge on any atom is -0.459 e. The Morgan fingerprint density at radius 2 is 2.11 bits per heavy atom. The van der Waals surface area contributed by atoms with Crippen LogP contribution in [0.5, 0.6) is 0 Å². The summed E-state index contributed by atoms with van der Waals surface area (Å²) in [7, 11) is 0. The normalized spacial score (nSPS) is 19.0. The van der Waals surface area contributed by atoms with Crippen LogP contribution in [0.3, 0.4) is 0 Å². The highest BCUT2D eigenvalue weighted by Gasteiger charge is 2.29. The standard InChI is InChI=1S/C17H17N3O7/c1-10-8-19(17(23)18-15(10)21)14-7-6-11(27-14)9-26-16(22)12-4-2-3-5-13(12)20(24)25/h2-5,8,11,14H,6-7,9H2,1H3,(H,18,21,23)/t11-,14+/m0/s1. The zero-order chi connectivity index (χ0) is 19.6. The lowest BCUT2D eigenvalue weighted by molar-refractivity contribution is -0.385. The first-order valence-electron chi connectivity index (χ1n) is 8.25. The minimum absolute atomic E-state index is 0.0987. The van der Waals surface area contributed by atoms with Crippen molar-refractivity contribution in [2.45, 2.75) is 32.1 Å². The molecule has 2 heterocycles. The molecule has 0 spiro atoms. The van der Waals surface area contributed by atoms with Crippen LogP contribution in [0.4, 0.5) is 5.69 Å². The SMILES string of the molecule is Cc1cn([C@H]2CC[C@@H](COC(=O)c3ccccc3[N+](=O)[O-])O2)c(=O)[nH]c1=O. The van der Waals surface area contributed by atoms with Crippen LogP contribution in [0.1, 0.15) is 35.0 Å². The van der Waals surface area contributed by atoms with Crippen molar-refractivity contribution in [2.75, 3.05) is 6.61 Å². The predicted molar refractivity (Wildman–Crippen MR) is 92.6 cm³/mol. The Hall–Kier alpha value is -3.27. The summed E-state index contributed by atoms with van der Waals surface area (Å²) in [5.74, 6) is -0.814. The number of benzene rings is 1. The molecule has 1 aromatic carbocycles. The number of esters is 1. The summed E-state index contributed by atoms with van der Waals surface area (Å²) in [5.41, 5.74) is -1.12. The molecule has 10 heteroatoms. The Morgan fingerprint density at radius 1 is 1.37 bits per heavy atom. The van der Waals surface area contributed by atoms with Crippen LogP contribution in [0, 0.1) is 17.0 Å². The van der Waals surface area contributed by atoms with E-state index in [4.69, 9.17) is 9.47 Å². The van der Waals surface area contributed by atoms with E-state index < -0.39 is 34.5 Å². The highest BCUT2D eigenvalue weighted by Crippen LogP contribution is 2.27. The average Bonchev–Trinajstić information content (AvgIpc) is 3.11. The lowest BCUT2D eigenvalue weighted by atomic mass is 10.2. The van der Waals surface area contributed by atoms with E-state index in [2.05, 4.69) is 4.98 Å². The summed E-state index contributed by atoms with van der Waals surface area (Å²) in [6, 6.07) is 5.52. The van der Waals surface area contributed by atoms with Crippen LogP contribution in [-0.4, -0.2) is 33.2 Å². The van der Waals surface area contributed by atoms with Gasteiger partial charge in [0.15, 0.2) is 0 Å². The molecule has 2 aromatic rings. The van der Waals surface area contributed by atoms with Crippen LogP contribution in [0.25, 0.3) is 0 Å². The molecule has 0 bridgehead atoms. The van der Waals surface area contributed by atoms with Crippen molar-refractivity contribution in [2.24, 2.45) is 0 Å². The quantitative estimate of drug-likeness (QED) is 0.473. The third-order valence-corrected chi connectivity index (χ3v) is 4.26. The van der Waals surface area contributed by atoms with Gasteiger partial charge in [-0.1, -0.05) is 12.1 Å². The van der Waals surface area contributed by atoms with Gasteiger partial charge in [-0.25, -0.2) is 9.59 Å². The summed E-state index contributed by atoms with van der Waals surface area (Å²) < 4.78 is 12.2. The van der Waals surface area contributed by atoms with E-state index >= 15 is 0 Å². The number of carbonyl (C=O) groups excluding carboxylic acids is 1. The molecule has 1 fully saturated rings. The average molecular weight is 375 g/mol. The number of ether oxygens (including phenoxy) is 2. The largest absolute Gasteiger partial charge is 0.459 e. The number of aromatic amines is 1. The van der Waals surface area contributed by atoms with Crippen molar-refractivity contribution in [1.29, 1.82) is 0 Å². The van der Waals surface area contributed by atoms with Gasteiger partial charge in [-0.3, -0.25) is 24.5 Å². The maximum absolute atomic E-state index is 12.1. The van der Waals surface area contributed by atoms with E-state index in [1.54, 1.807) is 6.92 Å². The van der Waals surface area contributed by atoms with E-state index in [9.17, 15) is 24.5 Å². The van der Waals surface area contributed by atoms with Crippen molar-refractivity contribution >= 4 is 11.7 Å². The number of nitrogens with one attached hydrogen (secondary N) is 1. The first-order valence-corrected chi connectivity index (χ1v) is 8.25.